The molecule has 3 heterocycles. The molecule has 1 fully saturated rings. The minimum absolute atomic E-state index is 0.0966. The van der Waals surface area contributed by atoms with E-state index in [1.54, 1.807) is 4.90 Å². The summed E-state index contributed by atoms with van der Waals surface area (Å²) in [6.45, 7) is 0.695. The summed E-state index contributed by atoms with van der Waals surface area (Å²) in [5, 5.41) is 6.61. The van der Waals surface area contributed by atoms with E-state index in [-0.39, 0.29) is 18.2 Å². The maximum atomic E-state index is 12.9. The fraction of sp³-hybridized carbons (Fsp3) is 0.208. The molecule has 6 nitrogen and oxygen atoms in total. The van der Waals surface area contributed by atoms with Gasteiger partial charge in [0.15, 0.2) is 5.13 Å². The first-order valence-electron chi connectivity index (χ1n) is 10.2. The molecule has 2 amide bonds. The predicted molar refractivity (Wildman–Crippen MR) is 120 cm³/mol. The molecule has 1 atom stereocenters. The Morgan fingerprint density at radius 2 is 1.97 bits per heavy atom. The molecule has 31 heavy (non-hydrogen) atoms. The summed E-state index contributed by atoms with van der Waals surface area (Å²) < 4.78 is 6.05. The van der Waals surface area contributed by atoms with E-state index in [4.69, 9.17) is 4.42 Å². The molecule has 0 bridgehead atoms. The molecule has 0 radical (unpaired) electrons. The largest absolute Gasteiger partial charge is 0.459 e. The van der Waals surface area contributed by atoms with Gasteiger partial charge in [-0.05, 0) is 24.1 Å². The standard InChI is InChI=1S/C24H21N3O3S/c28-21(14-18-15-31-24(25-18)27-12-6-11-22(27)29)26-23(16-7-2-1-3-8-16)20-13-17-9-4-5-10-19(17)30-20/h1-5,7-10,13,15,23H,6,11-12,14H2,(H,26,28). The van der Waals surface area contributed by atoms with E-state index in [1.165, 1.54) is 11.3 Å². The van der Waals surface area contributed by atoms with E-state index < -0.39 is 6.04 Å². The summed E-state index contributed by atoms with van der Waals surface area (Å²) >= 11 is 1.40. The van der Waals surface area contributed by atoms with Crippen LogP contribution in [0.4, 0.5) is 5.13 Å². The molecule has 2 aromatic carbocycles. The normalized spacial score (nSPS) is 14.8. The maximum Gasteiger partial charge on any atom is 0.228 e. The molecule has 1 unspecified atom stereocenters. The van der Waals surface area contributed by atoms with Crippen molar-refractivity contribution in [3.8, 4) is 0 Å². The van der Waals surface area contributed by atoms with Crippen LogP contribution in [0.25, 0.3) is 11.0 Å². The van der Waals surface area contributed by atoms with E-state index >= 15 is 0 Å². The molecular weight excluding hydrogens is 410 g/mol. The number of nitrogens with one attached hydrogen (secondary N) is 1. The maximum absolute atomic E-state index is 12.9. The van der Waals surface area contributed by atoms with E-state index in [0.29, 0.717) is 29.6 Å². The van der Waals surface area contributed by atoms with Crippen LogP contribution < -0.4 is 10.2 Å². The highest BCUT2D eigenvalue weighted by Gasteiger charge is 2.25. The number of hydrogen-bond donors (Lipinski definition) is 1. The number of hydrogen-bond acceptors (Lipinski definition) is 5. The number of carbonyl (C=O) groups is 2. The van der Waals surface area contributed by atoms with Gasteiger partial charge in [0.2, 0.25) is 11.8 Å². The minimum atomic E-state index is -0.403. The van der Waals surface area contributed by atoms with Gasteiger partial charge in [0.05, 0.1) is 12.1 Å². The first-order valence-corrected chi connectivity index (χ1v) is 11.1. The lowest BCUT2D eigenvalue weighted by atomic mass is 10.0. The number of amides is 2. The SMILES string of the molecule is O=C(Cc1csc(N2CCCC2=O)n1)NC(c1ccccc1)c1cc2ccccc2o1. The molecule has 7 heteroatoms. The van der Waals surface area contributed by atoms with Gasteiger partial charge in [-0.15, -0.1) is 11.3 Å². The van der Waals surface area contributed by atoms with Crippen molar-refractivity contribution in [1.29, 1.82) is 0 Å². The third kappa shape index (κ3) is 4.09. The Hall–Kier alpha value is -3.45. The lowest BCUT2D eigenvalue weighted by molar-refractivity contribution is -0.121. The van der Waals surface area contributed by atoms with E-state index in [2.05, 4.69) is 10.3 Å². The Morgan fingerprint density at radius 1 is 1.16 bits per heavy atom. The van der Waals surface area contributed by atoms with E-state index in [9.17, 15) is 9.59 Å². The van der Waals surface area contributed by atoms with Crippen LogP contribution in [0.1, 0.15) is 35.9 Å². The number of anilines is 1. The monoisotopic (exact) mass is 431 g/mol. The summed E-state index contributed by atoms with van der Waals surface area (Å²) in [6, 6.07) is 19.1. The number of carbonyl (C=O) groups excluding carboxylic acids is 2. The number of furan rings is 1. The third-order valence-corrected chi connectivity index (χ3v) is 6.27. The second-order valence-electron chi connectivity index (χ2n) is 7.54. The van der Waals surface area contributed by atoms with Crippen LogP contribution in [-0.4, -0.2) is 23.3 Å². The fourth-order valence-electron chi connectivity index (χ4n) is 3.84. The first kappa shape index (κ1) is 19.5. The number of nitrogens with zero attached hydrogens (tertiary/aromatic N) is 2. The summed E-state index contributed by atoms with van der Waals surface area (Å²) in [5.41, 5.74) is 2.39. The second kappa shape index (κ2) is 8.35. The molecule has 0 aliphatic carbocycles. The van der Waals surface area contributed by atoms with Gasteiger partial charge in [0.1, 0.15) is 17.4 Å². The van der Waals surface area contributed by atoms with Crippen molar-refractivity contribution in [2.24, 2.45) is 0 Å². The Labute approximate surface area is 183 Å². The van der Waals surface area contributed by atoms with Gasteiger partial charge in [0.25, 0.3) is 0 Å². The Bertz CT molecular complexity index is 1200. The van der Waals surface area contributed by atoms with Crippen molar-refractivity contribution in [3.05, 3.63) is 83.1 Å². The van der Waals surface area contributed by atoms with Crippen molar-refractivity contribution in [2.45, 2.75) is 25.3 Å². The highest BCUT2D eigenvalue weighted by molar-refractivity contribution is 7.14. The number of aromatic nitrogens is 1. The molecule has 1 aliphatic heterocycles. The number of thiazole rings is 1. The topological polar surface area (TPSA) is 75.4 Å². The Morgan fingerprint density at radius 3 is 2.74 bits per heavy atom. The number of rotatable bonds is 6. The van der Waals surface area contributed by atoms with Gasteiger partial charge in [-0.2, -0.15) is 0 Å². The summed E-state index contributed by atoms with van der Waals surface area (Å²) in [5.74, 6) is 0.626. The zero-order valence-corrected chi connectivity index (χ0v) is 17.6. The quantitative estimate of drug-likeness (QED) is 0.489. The van der Waals surface area contributed by atoms with Crippen LogP contribution >= 0.6 is 11.3 Å². The Balaban J connectivity index is 1.36. The number of para-hydroxylation sites is 1. The summed E-state index contributed by atoms with van der Waals surface area (Å²) in [4.78, 5) is 31.1. The van der Waals surface area contributed by atoms with Crippen molar-refractivity contribution in [3.63, 3.8) is 0 Å². The number of fused-ring (bicyclic) bond motifs is 1. The molecule has 0 saturated carbocycles. The predicted octanol–water partition coefficient (Wildman–Crippen LogP) is 4.46. The van der Waals surface area contributed by atoms with Gasteiger partial charge < -0.3 is 9.73 Å². The smallest absolute Gasteiger partial charge is 0.228 e. The van der Waals surface area contributed by atoms with Crippen molar-refractivity contribution < 1.29 is 14.0 Å². The van der Waals surface area contributed by atoms with Gasteiger partial charge in [-0.1, -0.05) is 48.5 Å². The van der Waals surface area contributed by atoms with Crippen LogP contribution in [0.15, 0.2) is 70.5 Å². The van der Waals surface area contributed by atoms with Crippen molar-refractivity contribution in [1.82, 2.24) is 10.3 Å². The van der Waals surface area contributed by atoms with Crippen LogP contribution in [0.2, 0.25) is 0 Å². The molecule has 156 valence electrons. The highest BCUT2D eigenvalue weighted by atomic mass is 32.1. The van der Waals surface area contributed by atoms with Crippen molar-refractivity contribution in [2.75, 3.05) is 11.4 Å². The van der Waals surface area contributed by atoms with Crippen LogP contribution in [0, 0.1) is 0 Å². The molecule has 1 N–H and O–H groups in total. The zero-order chi connectivity index (χ0) is 21.2. The summed E-state index contributed by atoms with van der Waals surface area (Å²) in [7, 11) is 0. The van der Waals surface area contributed by atoms with Gasteiger partial charge in [-0.25, -0.2) is 4.98 Å². The average Bonchev–Trinajstić information content (AvgIpc) is 3.52. The fourth-order valence-corrected chi connectivity index (χ4v) is 4.71. The van der Waals surface area contributed by atoms with Gasteiger partial charge in [-0.3, -0.25) is 14.5 Å². The van der Waals surface area contributed by atoms with E-state index in [0.717, 1.165) is 23.0 Å². The lowest BCUT2D eigenvalue weighted by Gasteiger charge is -2.17. The molecule has 0 spiro atoms. The minimum Gasteiger partial charge on any atom is -0.459 e. The van der Waals surface area contributed by atoms with Crippen LogP contribution in [-0.2, 0) is 16.0 Å². The molecule has 1 saturated heterocycles. The molecule has 5 rings (SSSR count). The zero-order valence-electron chi connectivity index (χ0n) is 16.8. The lowest BCUT2D eigenvalue weighted by Crippen LogP contribution is -2.30. The second-order valence-corrected chi connectivity index (χ2v) is 8.38. The van der Waals surface area contributed by atoms with Crippen LogP contribution in [0.3, 0.4) is 0 Å². The van der Waals surface area contributed by atoms with Crippen LogP contribution in [0.5, 0.6) is 0 Å². The molecule has 2 aromatic heterocycles. The third-order valence-electron chi connectivity index (χ3n) is 5.35. The van der Waals surface area contributed by atoms with E-state index in [1.807, 2.05) is 66.0 Å². The molecule has 4 aromatic rings. The molecular formula is C24H21N3O3S. The highest BCUT2D eigenvalue weighted by Crippen LogP contribution is 2.29. The average molecular weight is 432 g/mol. The van der Waals surface area contributed by atoms with Gasteiger partial charge >= 0.3 is 0 Å². The Kier molecular flexibility index (Phi) is 5.26. The molecule has 1 aliphatic rings. The summed E-state index contributed by atoms with van der Waals surface area (Å²) in [6.07, 6.45) is 1.55. The number of benzene rings is 2. The van der Waals surface area contributed by atoms with Crippen molar-refractivity contribution >= 4 is 39.3 Å². The first-order chi connectivity index (χ1) is 15.2. The van der Waals surface area contributed by atoms with Gasteiger partial charge in [0, 0.05) is 23.7 Å².